The molecule has 168 valence electrons. The Morgan fingerprint density at radius 1 is 1.19 bits per heavy atom. The molecular formula is C22H24ClN5O3S. The minimum Gasteiger partial charge on any atom is -0.324 e. The number of carbonyl (C=O) groups excluding carboxylic acids is 1. The molecule has 0 spiro atoms. The zero-order valence-corrected chi connectivity index (χ0v) is 20.0. The number of thioether (sulfide) groups is 1. The molecule has 0 saturated heterocycles. The van der Waals surface area contributed by atoms with Crippen LogP contribution < -0.4 is 5.32 Å². The molecule has 10 heteroatoms. The number of benzene rings is 2. The lowest BCUT2D eigenvalue weighted by molar-refractivity contribution is -0.384. The van der Waals surface area contributed by atoms with Gasteiger partial charge in [-0.3, -0.25) is 14.9 Å². The second kappa shape index (κ2) is 9.30. The Morgan fingerprint density at radius 3 is 2.44 bits per heavy atom. The lowest BCUT2D eigenvalue weighted by Gasteiger charge is -2.19. The summed E-state index contributed by atoms with van der Waals surface area (Å²) < 4.78 is 1.83. The molecule has 3 rings (SSSR count). The lowest BCUT2D eigenvalue weighted by Crippen LogP contribution is -2.23. The van der Waals surface area contributed by atoms with Gasteiger partial charge in [-0.1, -0.05) is 68.4 Å². The number of hydrogen-bond acceptors (Lipinski definition) is 6. The molecule has 8 nitrogen and oxygen atoms in total. The number of anilines is 1. The topological polar surface area (TPSA) is 103 Å². The van der Waals surface area contributed by atoms with Gasteiger partial charge in [0.1, 0.15) is 0 Å². The number of hydrogen-bond donors (Lipinski definition) is 1. The van der Waals surface area contributed by atoms with E-state index in [1.165, 1.54) is 35.5 Å². The van der Waals surface area contributed by atoms with Gasteiger partial charge in [-0.15, -0.1) is 10.2 Å². The van der Waals surface area contributed by atoms with Gasteiger partial charge in [-0.05, 0) is 24.0 Å². The van der Waals surface area contributed by atoms with Crippen LogP contribution in [0.1, 0.15) is 33.3 Å². The first-order chi connectivity index (χ1) is 15.0. The molecule has 0 aliphatic heterocycles. The first kappa shape index (κ1) is 23.7. The monoisotopic (exact) mass is 473 g/mol. The van der Waals surface area contributed by atoms with Gasteiger partial charge in [0.2, 0.25) is 5.91 Å². The second-order valence-corrected chi connectivity index (χ2v) is 10.1. The number of nitrogens with zero attached hydrogens (tertiary/aromatic N) is 4. The maximum Gasteiger partial charge on any atom is 0.271 e. The first-order valence-electron chi connectivity index (χ1n) is 9.89. The molecule has 1 amide bonds. The van der Waals surface area contributed by atoms with Crippen molar-refractivity contribution in [3.05, 3.63) is 63.2 Å². The molecule has 1 aromatic heterocycles. The van der Waals surface area contributed by atoms with Crippen LogP contribution in [-0.4, -0.2) is 30.8 Å². The van der Waals surface area contributed by atoms with Crippen molar-refractivity contribution in [1.82, 2.24) is 14.8 Å². The molecule has 0 aliphatic rings. The molecule has 0 fully saturated rings. The molecule has 0 aliphatic carbocycles. The van der Waals surface area contributed by atoms with Crippen LogP contribution in [0.25, 0.3) is 11.4 Å². The third-order valence-electron chi connectivity index (χ3n) is 4.91. The Balaban J connectivity index is 1.73. The van der Waals surface area contributed by atoms with Crippen molar-refractivity contribution in [3.63, 3.8) is 0 Å². The molecule has 0 bridgehead atoms. The van der Waals surface area contributed by atoms with Crippen LogP contribution in [0, 0.1) is 10.1 Å². The van der Waals surface area contributed by atoms with Crippen molar-refractivity contribution in [3.8, 4) is 11.4 Å². The van der Waals surface area contributed by atoms with E-state index in [-0.39, 0.29) is 27.7 Å². The maximum absolute atomic E-state index is 12.7. The number of halogens is 1. The first-order valence-corrected chi connectivity index (χ1v) is 11.1. The summed E-state index contributed by atoms with van der Waals surface area (Å²) in [6.07, 6.45) is 0. The predicted octanol–water partition coefficient (Wildman–Crippen LogP) is 5.46. The van der Waals surface area contributed by atoms with Gasteiger partial charge in [0, 0.05) is 24.7 Å². The van der Waals surface area contributed by atoms with Gasteiger partial charge in [-0.2, -0.15) is 0 Å². The van der Waals surface area contributed by atoms with Crippen molar-refractivity contribution in [2.75, 3.05) is 5.32 Å². The summed E-state index contributed by atoms with van der Waals surface area (Å²) in [5, 5.41) is 22.4. The number of aromatic nitrogens is 3. The summed E-state index contributed by atoms with van der Waals surface area (Å²) >= 11 is 7.31. The third kappa shape index (κ3) is 5.28. The fourth-order valence-electron chi connectivity index (χ4n) is 2.96. The molecule has 2 aromatic carbocycles. The van der Waals surface area contributed by atoms with Gasteiger partial charge in [0.15, 0.2) is 11.0 Å². The minimum atomic E-state index is -0.542. The van der Waals surface area contributed by atoms with Crippen LogP contribution in [0.15, 0.2) is 47.6 Å². The Kier molecular flexibility index (Phi) is 6.90. The summed E-state index contributed by atoms with van der Waals surface area (Å²) in [5.74, 6) is 0.346. The van der Waals surface area contributed by atoms with Crippen molar-refractivity contribution in [2.24, 2.45) is 7.05 Å². The van der Waals surface area contributed by atoms with E-state index in [0.717, 1.165) is 5.56 Å². The van der Waals surface area contributed by atoms with E-state index >= 15 is 0 Å². The van der Waals surface area contributed by atoms with Gasteiger partial charge in [0.25, 0.3) is 5.69 Å². The highest BCUT2D eigenvalue weighted by Gasteiger charge is 2.21. The van der Waals surface area contributed by atoms with E-state index < -0.39 is 10.2 Å². The minimum absolute atomic E-state index is 0.0598. The Labute approximate surface area is 195 Å². The fourth-order valence-corrected chi connectivity index (χ4v) is 3.94. The molecule has 1 N–H and O–H groups in total. The van der Waals surface area contributed by atoms with Crippen LogP contribution in [0.5, 0.6) is 0 Å². The van der Waals surface area contributed by atoms with Crippen LogP contribution >= 0.6 is 23.4 Å². The molecule has 32 heavy (non-hydrogen) atoms. The molecule has 0 saturated carbocycles. The highest BCUT2D eigenvalue weighted by atomic mass is 35.5. The highest BCUT2D eigenvalue weighted by Crippen LogP contribution is 2.30. The molecule has 3 aromatic rings. The Morgan fingerprint density at radius 2 is 1.84 bits per heavy atom. The normalized spacial score (nSPS) is 12.4. The van der Waals surface area contributed by atoms with E-state index in [0.29, 0.717) is 11.0 Å². The van der Waals surface area contributed by atoms with Gasteiger partial charge < -0.3 is 9.88 Å². The number of nitro groups is 1. The smallest absolute Gasteiger partial charge is 0.271 e. The number of nitrogens with one attached hydrogen (secondary N) is 1. The SMILES string of the molecule is CC(Sc1nnc(-c2ccc(C(C)(C)C)cc2)n1C)C(=O)Nc1cc([N+](=O)[O-])ccc1Cl. The second-order valence-electron chi connectivity index (χ2n) is 8.36. The van der Waals surface area contributed by atoms with Crippen molar-refractivity contribution < 1.29 is 9.72 Å². The Hall–Kier alpha value is -2.91. The molecule has 1 atom stereocenters. The fraction of sp³-hybridized carbons (Fsp3) is 0.318. The van der Waals surface area contributed by atoms with E-state index in [1.54, 1.807) is 6.92 Å². The summed E-state index contributed by atoms with van der Waals surface area (Å²) in [7, 11) is 1.84. The van der Waals surface area contributed by atoms with Gasteiger partial charge in [0.05, 0.1) is 20.9 Å². The van der Waals surface area contributed by atoms with E-state index in [2.05, 4.69) is 48.4 Å². The predicted molar refractivity (Wildman–Crippen MR) is 127 cm³/mol. The molecule has 1 unspecified atom stereocenters. The standard InChI is InChI=1S/C22H24ClN5O3S/c1-13(20(29)24-18-12-16(28(30)31)10-11-17(18)23)32-21-26-25-19(27(21)5)14-6-8-15(9-7-14)22(2,3)4/h6-13H,1-5H3,(H,24,29). The number of rotatable bonds is 6. The zero-order valence-electron chi connectivity index (χ0n) is 18.4. The summed E-state index contributed by atoms with van der Waals surface area (Å²) in [4.78, 5) is 23.1. The summed E-state index contributed by atoms with van der Waals surface area (Å²) in [6, 6.07) is 12.1. The van der Waals surface area contributed by atoms with E-state index in [4.69, 9.17) is 11.6 Å². The number of carbonyl (C=O) groups is 1. The van der Waals surface area contributed by atoms with Gasteiger partial charge in [-0.25, -0.2) is 0 Å². The average molecular weight is 474 g/mol. The third-order valence-corrected chi connectivity index (χ3v) is 6.38. The lowest BCUT2D eigenvalue weighted by atomic mass is 9.87. The molecule has 0 radical (unpaired) electrons. The highest BCUT2D eigenvalue weighted by molar-refractivity contribution is 8.00. The van der Waals surface area contributed by atoms with Crippen LogP contribution in [0.4, 0.5) is 11.4 Å². The molecule has 1 heterocycles. The van der Waals surface area contributed by atoms with Crippen molar-refractivity contribution in [2.45, 2.75) is 43.5 Å². The van der Waals surface area contributed by atoms with E-state index in [1.807, 2.05) is 23.7 Å². The van der Waals surface area contributed by atoms with Crippen LogP contribution in [0.3, 0.4) is 0 Å². The number of non-ortho nitro benzene ring substituents is 1. The largest absolute Gasteiger partial charge is 0.324 e. The quantitative estimate of drug-likeness (QED) is 0.289. The number of amides is 1. The van der Waals surface area contributed by atoms with Crippen LogP contribution in [0.2, 0.25) is 5.02 Å². The zero-order chi connectivity index (χ0) is 23.6. The summed E-state index contributed by atoms with van der Waals surface area (Å²) in [5.41, 5.74) is 2.25. The van der Waals surface area contributed by atoms with E-state index in [9.17, 15) is 14.9 Å². The Bertz CT molecular complexity index is 1160. The van der Waals surface area contributed by atoms with Gasteiger partial charge >= 0.3 is 0 Å². The summed E-state index contributed by atoms with van der Waals surface area (Å²) in [6.45, 7) is 8.20. The average Bonchev–Trinajstić information content (AvgIpc) is 3.09. The maximum atomic E-state index is 12.7. The number of nitro benzene ring substituents is 1. The van der Waals surface area contributed by atoms with Crippen molar-refractivity contribution in [1.29, 1.82) is 0 Å². The van der Waals surface area contributed by atoms with Crippen molar-refractivity contribution >= 4 is 40.6 Å². The van der Waals surface area contributed by atoms with Crippen LogP contribution in [-0.2, 0) is 17.3 Å². The molecular weight excluding hydrogens is 450 g/mol.